The molecule has 0 fully saturated rings. The van der Waals surface area contributed by atoms with Crippen molar-refractivity contribution < 1.29 is 23.8 Å². The minimum atomic E-state index is -3.46. The van der Waals surface area contributed by atoms with Gasteiger partial charge in [0.2, 0.25) is 0 Å². The molecule has 1 aromatic rings. The van der Waals surface area contributed by atoms with Crippen LogP contribution < -0.4 is 4.52 Å². The molecule has 0 aliphatic heterocycles. The van der Waals surface area contributed by atoms with Gasteiger partial charge in [0.25, 0.3) is 0 Å². The SMILES string of the molecule is CCON(C(C)C)P(O)(=S)Oc1ccccc1C(=O)OC(C)C. The first-order valence-corrected chi connectivity index (χ1v) is 10.1. The van der Waals surface area contributed by atoms with Crippen molar-refractivity contribution in [2.24, 2.45) is 0 Å². The molecule has 0 spiro atoms. The fourth-order valence-electron chi connectivity index (χ4n) is 1.81. The predicted octanol–water partition coefficient (Wildman–Crippen LogP) is 3.51. The number of hydrogen-bond acceptors (Lipinski definition) is 5. The highest BCUT2D eigenvalue weighted by Gasteiger charge is 2.31. The summed E-state index contributed by atoms with van der Waals surface area (Å²) in [7, 11) is 0. The van der Waals surface area contributed by atoms with Crippen molar-refractivity contribution in [1.82, 2.24) is 4.83 Å². The molecule has 1 rings (SSSR count). The molecule has 0 aliphatic carbocycles. The fraction of sp³-hybridized carbons (Fsp3) is 0.533. The number of esters is 1. The molecule has 0 aliphatic rings. The van der Waals surface area contributed by atoms with Crippen LogP contribution in [0, 0.1) is 0 Å². The molecule has 23 heavy (non-hydrogen) atoms. The van der Waals surface area contributed by atoms with Crippen molar-refractivity contribution in [2.75, 3.05) is 6.61 Å². The minimum Gasteiger partial charge on any atom is -0.459 e. The normalized spacial score (nSPS) is 14.1. The van der Waals surface area contributed by atoms with Gasteiger partial charge < -0.3 is 14.2 Å². The van der Waals surface area contributed by atoms with Crippen LogP contribution in [0.15, 0.2) is 24.3 Å². The van der Waals surface area contributed by atoms with Crippen molar-refractivity contribution in [3.8, 4) is 5.75 Å². The Kier molecular flexibility index (Phi) is 7.64. The first-order valence-electron chi connectivity index (χ1n) is 7.44. The quantitative estimate of drug-likeness (QED) is 0.432. The second-order valence-corrected chi connectivity index (χ2v) is 8.33. The maximum absolute atomic E-state index is 12.1. The summed E-state index contributed by atoms with van der Waals surface area (Å²) in [4.78, 5) is 29.4. The molecule has 0 saturated heterocycles. The molecular formula is C15H24NO5PS. The van der Waals surface area contributed by atoms with E-state index in [0.717, 1.165) is 0 Å². The molecule has 1 N–H and O–H groups in total. The van der Waals surface area contributed by atoms with Crippen molar-refractivity contribution in [2.45, 2.75) is 46.8 Å². The summed E-state index contributed by atoms with van der Waals surface area (Å²) in [5, 5.41) is 0. The van der Waals surface area contributed by atoms with Crippen molar-refractivity contribution >= 4 is 24.4 Å². The smallest absolute Gasteiger partial charge is 0.342 e. The molecule has 0 radical (unpaired) electrons. The van der Waals surface area contributed by atoms with Crippen LogP contribution >= 0.6 is 6.64 Å². The van der Waals surface area contributed by atoms with Gasteiger partial charge in [-0.25, -0.2) is 4.79 Å². The van der Waals surface area contributed by atoms with Crippen LogP contribution in [-0.2, 0) is 21.4 Å². The zero-order valence-corrected chi connectivity index (χ0v) is 15.8. The van der Waals surface area contributed by atoms with Crippen molar-refractivity contribution in [3.63, 3.8) is 0 Å². The lowest BCUT2D eigenvalue weighted by molar-refractivity contribution is -0.109. The third-order valence-corrected chi connectivity index (χ3v) is 4.84. The Labute approximate surface area is 142 Å². The van der Waals surface area contributed by atoms with Crippen molar-refractivity contribution in [3.05, 3.63) is 29.8 Å². The number of carbonyl (C=O) groups excluding carboxylic acids is 1. The number of para-hydroxylation sites is 1. The van der Waals surface area contributed by atoms with E-state index in [2.05, 4.69) is 0 Å². The molecule has 1 atom stereocenters. The largest absolute Gasteiger partial charge is 0.459 e. The van der Waals surface area contributed by atoms with E-state index >= 15 is 0 Å². The predicted molar refractivity (Wildman–Crippen MR) is 92.7 cm³/mol. The van der Waals surface area contributed by atoms with Crippen LogP contribution in [0.25, 0.3) is 0 Å². The lowest BCUT2D eigenvalue weighted by Gasteiger charge is -2.31. The molecule has 8 heteroatoms. The average molecular weight is 361 g/mol. The first kappa shape index (κ1) is 20.1. The Morgan fingerprint density at radius 1 is 1.30 bits per heavy atom. The lowest BCUT2D eigenvalue weighted by Crippen LogP contribution is -2.30. The van der Waals surface area contributed by atoms with Crippen LogP contribution in [0.1, 0.15) is 45.0 Å². The number of rotatable bonds is 8. The van der Waals surface area contributed by atoms with Gasteiger partial charge in [-0.2, -0.15) is 0 Å². The van der Waals surface area contributed by atoms with Crippen LogP contribution in [0.5, 0.6) is 5.75 Å². The minimum absolute atomic E-state index is 0.175. The lowest BCUT2D eigenvalue weighted by atomic mass is 10.2. The summed E-state index contributed by atoms with van der Waals surface area (Å²) in [6, 6.07) is 6.33. The highest BCUT2D eigenvalue weighted by Crippen LogP contribution is 2.49. The molecule has 1 unspecified atom stereocenters. The van der Waals surface area contributed by atoms with Gasteiger partial charge in [0.05, 0.1) is 12.7 Å². The van der Waals surface area contributed by atoms with Crippen LogP contribution in [0.2, 0.25) is 0 Å². The number of nitrogens with zero attached hydrogens (tertiary/aromatic N) is 1. The maximum Gasteiger partial charge on any atom is 0.342 e. The maximum atomic E-state index is 12.1. The molecule has 130 valence electrons. The van der Waals surface area contributed by atoms with Gasteiger partial charge in [0.15, 0.2) is 0 Å². The summed E-state index contributed by atoms with van der Waals surface area (Å²) in [5.41, 5.74) is 0.213. The van der Waals surface area contributed by atoms with E-state index in [4.69, 9.17) is 25.9 Å². The van der Waals surface area contributed by atoms with Crippen LogP contribution in [0.4, 0.5) is 0 Å². The van der Waals surface area contributed by atoms with E-state index in [1.807, 2.05) is 13.8 Å². The van der Waals surface area contributed by atoms with E-state index in [9.17, 15) is 9.69 Å². The highest BCUT2D eigenvalue weighted by atomic mass is 32.5. The van der Waals surface area contributed by atoms with E-state index in [0.29, 0.717) is 6.61 Å². The number of hydrogen-bond donors (Lipinski definition) is 1. The fourth-order valence-corrected chi connectivity index (χ4v) is 4.10. The van der Waals surface area contributed by atoms with E-state index in [-0.39, 0.29) is 23.5 Å². The summed E-state index contributed by atoms with van der Waals surface area (Å²) in [5.74, 6) is -0.354. The Hall–Kier alpha value is -0.980. The van der Waals surface area contributed by atoms with Crippen LogP contribution in [0.3, 0.4) is 0 Å². The zero-order valence-electron chi connectivity index (χ0n) is 14.1. The molecule has 0 saturated carbocycles. The van der Waals surface area contributed by atoms with E-state index in [1.165, 1.54) is 4.83 Å². The molecule has 0 bridgehead atoms. The number of hydroxylamine groups is 1. The number of ether oxygens (including phenoxy) is 1. The van der Waals surface area contributed by atoms with Gasteiger partial charge in [0.1, 0.15) is 11.3 Å². The van der Waals surface area contributed by atoms with Crippen molar-refractivity contribution in [1.29, 1.82) is 0 Å². The zero-order chi connectivity index (χ0) is 17.6. The Morgan fingerprint density at radius 3 is 2.43 bits per heavy atom. The Balaban J connectivity index is 3.08. The first-order chi connectivity index (χ1) is 10.7. The van der Waals surface area contributed by atoms with Gasteiger partial charge >= 0.3 is 12.6 Å². The van der Waals surface area contributed by atoms with Gasteiger partial charge in [0, 0.05) is 6.04 Å². The van der Waals surface area contributed by atoms with Gasteiger partial charge in [-0.05, 0) is 58.6 Å². The summed E-state index contributed by atoms with van der Waals surface area (Å²) in [6.07, 6.45) is -0.261. The second kappa shape index (κ2) is 8.76. The standard InChI is InChI=1S/C15H24NO5PS/c1-6-19-16(11(2)3)22(18,23)21-14-10-8-7-9-13(14)15(17)20-12(4)5/h7-12H,6H2,1-5H3,(H,18,23). The van der Waals surface area contributed by atoms with Gasteiger partial charge in [-0.1, -0.05) is 12.1 Å². The van der Waals surface area contributed by atoms with Crippen LogP contribution in [-0.4, -0.2) is 34.4 Å². The van der Waals surface area contributed by atoms with E-state index < -0.39 is 12.6 Å². The van der Waals surface area contributed by atoms with E-state index in [1.54, 1.807) is 45.0 Å². The second-order valence-electron chi connectivity index (χ2n) is 5.35. The molecule has 0 heterocycles. The number of carbonyl (C=O) groups is 1. The number of benzene rings is 1. The molecule has 0 aromatic heterocycles. The highest BCUT2D eigenvalue weighted by molar-refractivity contribution is 8.08. The molecule has 6 nitrogen and oxygen atoms in total. The third kappa shape index (κ3) is 5.86. The third-order valence-electron chi connectivity index (χ3n) is 2.62. The summed E-state index contributed by atoms with van der Waals surface area (Å²) in [6.45, 7) is 5.85. The van der Waals surface area contributed by atoms with Gasteiger partial charge in [-0.15, -0.1) is 4.83 Å². The molecule has 0 amide bonds. The topological polar surface area (TPSA) is 68.2 Å². The van der Waals surface area contributed by atoms with Gasteiger partial charge in [-0.3, -0.25) is 4.84 Å². The summed E-state index contributed by atoms with van der Waals surface area (Å²) >= 11 is 5.22. The monoisotopic (exact) mass is 361 g/mol. The summed E-state index contributed by atoms with van der Waals surface area (Å²) < 4.78 is 10.8. The molecular weight excluding hydrogens is 337 g/mol. The Morgan fingerprint density at radius 2 is 1.91 bits per heavy atom. The molecule has 1 aromatic carbocycles. The Bertz CT molecular complexity index is 579. The average Bonchev–Trinajstić information content (AvgIpc) is 2.43.